The Balaban J connectivity index is 2.51. The summed E-state index contributed by atoms with van der Waals surface area (Å²) in [6.45, 7) is 5.14. The number of carboxylic acid groups (broad SMARTS) is 1. The Kier molecular flexibility index (Phi) is 6.48. The van der Waals surface area contributed by atoms with Gasteiger partial charge >= 0.3 is 12.0 Å². The molecule has 1 saturated heterocycles. The van der Waals surface area contributed by atoms with E-state index in [-0.39, 0.29) is 11.9 Å². The van der Waals surface area contributed by atoms with E-state index in [2.05, 4.69) is 12.2 Å². The molecule has 1 heterocycles. The predicted octanol–water partition coefficient (Wildman–Crippen LogP) is 2.02. The number of amides is 2. The third kappa shape index (κ3) is 4.60. The fourth-order valence-electron chi connectivity index (χ4n) is 2.39. The largest absolute Gasteiger partial charge is 0.480 e. The summed E-state index contributed by atoms with van der Waals surface area (Å²) in [5, 5.41) is 12.6. The minimum atomic E-state index is -0.903. The predicted molar refractivity (Wildman–Crippen MR) is 77.5 cm³/mol. The van der Waals surface area contributed by atoms with Crippen LogP contribution in [0.4, 0.5) is 4.79 Å². The van der Waals surface area contributed by atoms with Crippen LogP contribution in [0.3, 0.4) is 0 Å². The van der Waals surface area contributed by atoms with Gasteiger partial charge in [0, 0.05) is 18.3 Å². The summed E-state index contributed by atoms with van der Waals surface area (Å²) in [4.78, 5) is 24.8. The molecular weight excluding hydrogens is 264 g/mol. The number of hydrogen-bond acceptors (Lipinski definition) is 3. The lowest BCUT2D eigenvalue weighted by Gasteiger charge is -2.37. The van der Waals surface area contributed by atoms with Gasteiger partial charge in [0.05, 0.1) is 0 Å². The van der Waals surface area contributed by atoms with E-state index < -0.39 is 12.0 Å². The van der Waals surface area contributed by atoms with Gasteiger partial charge in [0.2, 0.25) is 0 Å². The fraction of sp³-hybridized carbons (Fsp3) is 0.846. The van der Waals surface area contributed by atoms with Crippen molar-refractivity contribution in [3.8, 4) is 0 Å². The molecule has 2 amide bonds. The van der Waals surface area contributed by atoms with E-state index in [1.54, 1.807) is 11.8 Å². The van der Waals surface area contributed by atoms with E-state index in [1.807, 2.05) is 13.2 Å². The maximum Gasteiger partial charge on any atom is 0.326 e. The standard InChI is InChI=1S/C13H24N2O3S/c1-9-5-4-8-15(11(9)12(16)17)13(18)14-7-6-10(2)19-3/h9-11H,4-8H2,1-3H3,(H,14,18)(H,16,17). The third-order valence-corrected chi connectivity index (χ3v) is 4.72. The molecule has 0 aromatic carbocycles. The first-order valence-corrected chi connectivity index (χ1v) is 8.06. The van der Waals surface area contributed by atoms with Gasteiger partial charge in [-0.3, -0.25) is 0 Å². The van der Waals surface area contributed by atoms with Crippen molar-refractivity contribution in [2.24, 2.45) is 5.92 Å². The summed E-state index contributed by atoms with van der Waals surface area (Å²) in [6, 6.07) is -0.932. The molecule has 5 nitrogen and oxygen atoms in total. The maximum atomic E-state index is 12.1. The summed E-state index contributed by atoms with van der Waals surface area (Å²) in [5.41, 5.74) is 0. The van der Waals surface area contributed by atoms with Crippen LogP contribution in [0, 0.1) is 5.92 Å². The summed E-state index contributed by atoms with van der Waals surface area (Å²) < 4.78 is 0. The fourth-order valence-corrected chi connectivity index (χ4v) is 2.75. The summed E-state index contributed by atoms with van der Waals surface area (Å²) in [7, 11) is 0. The van der Waals surface area contributed by atoms with Gasteiger partial charge in [-0.1, -0.05) is 13.8 Å². The lowest BCUT2D eigenvalue weighted by atomic mass is 9.91. The number of thioether (sulfide) groups is 1. The molecule has 3 unspecified atom stereocenters. The highest BCUT2D eigenvalue weighted by atomic mass is 32.2. The van der Waals surface area contributed by atoms with Gasteiger partial charge in [0.25, 0.3) is 0 Å². The van der Waals surface area contributed by atoms with Crippen LogP contribution < -0.4 is 5.32 Å². The number of aliphatic carboxylic acids is 1. The van der Waals surface area contributed by atoms with Crippen LogP contribution in [-0.2, 0) is 4.79 Å². The number of carboxylic acids is 1. The molecule has 0 saturated carbocycles. The van der Waals surface area contributed by atoms with Crippen LogP contribution >= 0.6 is 11.8 Å². The van der Waals surface area contributed by atoms with Crippen molar-refractivity contribution in [2.45, 2.75) is 44.4 Å². The SMILES string of the molecule is CSC(C)CCNC(=O)N1CCCC(C)C1C(=O)O. The maximum absolute atomic E-state index is 12.1. The first kappa shape index (κ1) is 16.1. The number of nitrogens with one attached hydrogen (secondary N) is 1. The van der Waals surface area contributed by atoms with Crippen molar-refractivity contribution in [3.05, 3.63) is 0 Å². The first-order valence-electron chi connectivity index (χ1n) is 6.77. The second kappa shape index (κ2) is 7.62. The molecule has 0 aromatic heterocycles. The molecule has 0 radical (unpaired) electrons. The lowest BCUT2D eigenvalue weighted by Crippen LogP contribution is -2.55. The minimum absolute atomic E-state index is 0.0159. The van der Waals surface area contributed by atoms with Crippen LogP contribution in [0.5, 0.6) is 0 Å². The van der Waals surface area contributed by atoms with Crippen molar-refractivity contribution in [1.82, 2.24) is 10.2 Å². The molecule has 0 bridgehead atoms. The van der Waals surface area contributed by atoms with Gasteiger partial charge in [-0.2, -0.15) is 11.8 Å². The van der Waals surface area contributed by atoms with Crippen molar-refractivity contribution in [3.63, 3.8) is 0 Å². The zero-order chi connectivity index (χ0) is 14.4. The average molecular weight is 288 g/mol. The van der Waals surface area contributed by atoms with Crippen molar-refractivity contribution in [2.75, 3.05) is 19.3 Å². The number of rotatable bonds is 5. The number of urea groups is 1. The number of nitrogens with zero attached hydrogens (tertiary/aromatic N) is 1. The van der Waals surface area contributed by atoms with E-state index in [9.17, 15) is 14.7 Å². The Labute approximate surface area is 119 Å². The molecular formula is C13H24N2O3S. The monoisotopic (exact) mass is 288 g/mol. The number of carbonyl (C=O) groups excluding carboxylic acids is 1. The topological polar surface area (TPSA) is 69.6 Å². The summed E-state index contributed by atoms with van der Waals surface area (Å²) in [5.74, 6) is -0.887. The highest BCUT2D eigenvalue weighted by Crippen LogP contribution is 2.23. The number of piperidine rings is 1. The molecule has 0 spiro atoms. The van der Waals surface area contributed by atoms with Gasteiger partial charge in [-0.25, -0.2) is 9.59 Å². The lowest BCUT2D eigenvalue weighted by molar-refractivity contribution is -0.145. The number of hydrogen-bond donors (Lipinski definition) is 2. The molecule has 110 valence electrons. The van der Waals surface area contributed by atoms with E-state index in [1.165, 1.54) is 4.90 Å². The minimum Gasteiger partial charge on any atom is -0.480 e. The Bertz CT molecular complexity index is 325. The Hall–Kier alpha value is -0.910. The Morgan fingerprint density at radius 3 is 2.79 bits per heavy atom. The Morgan fingerprint density at radius 1 is 1.53 bits per heavy atom. The number of likely N-dealkylation sites (tertiary alicyclic amines) is 1. The second-order valence-corrected chi connectivity index (χ2v) is 6.44. The number of carbonyl (C=O) groups is 2. The first-order chi connectivity index (χ1) is 8.97. The molecule has 1 fully saturated rings. The molecule has 2 N–H and O–H groups in total. The van der Waals surface area contributed by atoms with Crippen LogP contribution in [0.1, 0.15) is 33.1 Å². The molecule has 1 rings (SSSR count). The highest BCUT2D eigenvalue weighted by Gasteiger charge is 2.36. The van der Waals surface area contributed by atoms with Crippen LogP contribution in [0.15, 0.2) is 0 Å². The van der Waals surface area contributed by atoms with Gasteiger partial charge < -0.3 is 15.3 Å². The molecule has 0 aromatic rings. The van der Waals surface area contributed by atoms with Crippen LogP contribution in [0.2, 0.25) is 0 Å². The van der Waals surface area contributed by atoms with Crippen LogP contribution in [0.25, 0.3) is 0 Å². The third-order valence-electron chi connectivity index (χ3n) is 3.68. The second-order valence-electron chi connectivity index (χ2n) is 5.16. The van der Waals surface area contributed by atoms with Gasteiger partial charge in [-0.05, 0) is 31.4 Å². The van der Waals surface area contributed by atoms with E-state index in [0.717, 1.165) is 19.3 Å². The van der Waals surface area contributed by atoms with Gasteiger partial charge in [-0.15, -0.1) is 0 Å². The van der Waals surface area contributed by atoms with Crippen LogP contribution in [-0.4, -0.2) is 52.6 Å². The highest BCUT2D eigenvalue weighted by molar-refractivity contribution is 7.99. The molecule has 6 heteroatoms. The molecule has 1 aliphatic heterocycles. The quantitative estimate of drug-likeness (QED) is 0.812. The molecule has 3 atom stereocenters. The molecule has 1 aliphatic rings. The van der Waals surface area contributed by atoms with Crippen molar-refractivity contribution in [1.29, 1.82) is 0 Å². The Morgan fingerprint density at radius 2 is 2.21 bits per heavy atom. The molecule has 0 aliphatic carbocycles. The van der Waals surface area contributed by atoms with Crippen molar-refractivity contribution < 1.29 is 14.7 Å². The van der Waals surface area contributed by atoms with Gasteiger partial charge in [0.1, 0.15) is 6.04 Å². The average Bonchev–Trinajstić information content (AvgIpc) is 2.37. The van der Waals surface area contributed by atoms with E-state index in [0.29, 0.717) is 18.3 Å². The zero-order valence-corrected chi connectivity index (χ0v) is 12.7. The smallest absolute Gasteiger partial charge is 0.326 e. The molecule has 19 heavy (non-hydrogen) atoms. The summed E-state index contributed by atoms with van der Waals surface area (Å²) >= 11 is 1.76. The zero-order valence-electron chi connectivity index (χ0n) is 11.9. The van der Waals surface area contributed by atoms with E-state index >= 15 is 0 Å². The summed E-state index contributed by atoms with van der Waals surface area (Å²) in [6.07, 6.45) is 4.68. The van der Waals surface area contributed by atoms with Crippen molar-refractivity contribution >= 4 is 23.8 Å². The van der Waals surface area contributed by atoms with Gasteiger partial charge in [0.15, 0.2) is 0 Å². The van der Waals surface area contributed by atoms with E-state index in [4.69, 9.17) is 0 Å². The normalized spacial score (nSPS) is 24.9.